The second-order valence-electron chi connectivity index (χ2n) is 10.2. The zero-order valence-electron chi connectivity index (χ0n) is 21.3. The maximum Gasteiger partial charge on any atom is 0.416 e. The predicted molar refractivity (Wildman–Crippen MR) is 129 cm³/mol. The van der Waals surface area contributed by atoms with Crippen LogP contribution < -0.4 is 10.2 Å². The molecule has 1 N–H and O–H groups in total. The van der Waals surface area contributed by atoms with Crippen LogP contribution in [0.4, 0.5) is 23.2 Å². The molecule has 1 aromatic rings. The third-order valence-corrected chi connectivity index (χ3v) is 7.88. The Morgan fingerprint density at radius 1 is 1.19 bits per heavy atom. The van der Waals surface area contributed by atoms with E-state index in [1.807, 2.05) is 11.8 Å². The lowest BCUT2D eigenvalue weighted by Gasteiger charge is -2.35. The SMILES string of the molecule is CCOC[C@H]1CN(C(=O)[C@@]2(F)CCNC2)C[C@@H]1c1ccc(C(F)(F)F)cc1N1CCC(C(=O)OC)CC1. The molecule has 37 heavy (non-hydrogen) atoms. The van der Waals surface area contributed by atoms with Crippen LogP contribution in [-0.2, 0) is 25.2 Å². The summed E-state index contributed by atoms with van der Waals surface area (Å²) >= 11 is 0. The molecule has 7 nitrogen and oxygen atoms in total. The minimum atomic E-state index is -4.52. The number of carbonyl (C=O) groups is 2. The Hall–Kier alpha value is -2.40. The molecule has 3 heterocycles. The van der Waals surface area contributed by atoms with Gasteiger partial charge >= 0.3 is 12.1 Å². The van der Waals surface area contributed by atoms with Gasteiger partial charge in [0.05, 0.1) is 25.2 Å². The van der Waals surface area contributed by atoms with Crippen molar-refractivity contribution >= 4 is 17.6 Å². The van der Waals surface area contributed by atoms with Crippen molar-refractivity contribution in [2.75, 3.05) is 64.5 Å². The van der Waals surface area contributed by atoms with Crippen LogP contribution in [0.25, 0.3) is 0 Å². The van der Waals surface area contributed by atoms with Crippen molar-refractivity contribution in [2.24, 2.45) is 11.8 Å². The van der Waals surface area contributed by atoms with Crippen molar-refractivity contribution in [3.8, 4) is 0 Å². The van der Waals surface area contributed by atoms with Gasteiger partial charge in [0, 0.05) is 63.3 Å². The van der Waals surface area contributed by atoms with E-state index >= 15 is 4.39 Å². The van der Waals surface area contributed by atoms with Gasteiger partial charge in [0.2, 0.25) is 5.67 Å². The number of amides is 1. The zero-order chi connectivity index (χ0) is 26.8. The van der Waals surface area contributed by atoms with E-state index in [1.165, 1.54) is 18.1 Å². The first kappa shape index (κ1) is 27.6. The monoisotopic (exact) mass is 529 g/mol. The minimum absolute atomic E-state index is 0.0379. The molecule has 1 amide bonds. The van der Waals surface area contributed by atoms with Gasteiger partial charge in [0.15, 0.2) is 0 Å². The van der Waals surface area contributed by atoms with E-state index in [-0.39, 0.29) is 49.8 Å². The first-order chi connectivity index (χ1) is 17.6. The van der Waals surface area contributed by atoms with Crippen LogP contribution in [0.3, 0.4) is 0 Å². The molecule has 4 rings (SSSR count). The van der Waals surface area contributed by atoms with E-state index in [0.29, 0.717) is 56.9 Å². The number of nitrogens with zero attached hydrogens (tertiary/aromatic N) is 2. The van der Waals surface area contributed by atoms with Crippen molar-refractivity contribution in [3.05, 3.63) is 29.3 Å². The number of rotatable bonds is 7. The predicted octanol–water partition coefficient (Wildman–Crippen LogP) is 3.37. The summed E-state index contributed by atoms with van der Waals surface area (Å²) in [5.41, 5.74) is -1.60. The molecule has 3 aliphatic rings. The smallest absolute Gasteiger partial charge is 0.416 e. The van der Waals surface area contributed by atoms with Gasteiger partial charge in [-0.2, -0.15) is 13.2 Å². The lowest BCUT2D eigenvalue weighted by Crippen LogP contribution is -2.46. The molecular weight excluding hydrogens is 494 g/mol. The number of halogens is 4. The second-order valence-corrected chi connectivity index (χ2v) is 10.2. The molecule has 3 aliphatic heterocycles. The Labute approximate surface area is 214 Å². The number of ether oxygens (including phenoxy) is 2. The number of piperidine rings is 1. The fourth-order valence-electron chi connectivity index (χ4n) is 5.79. The van der Waals surface area contributed by atoms with Gasteiger partial charge < -0.3 is 24.6 Å². The number of benzene rings is 1. The molecule has 0 unspecified atom stereocenters. The number of anilines is 1. The Morgan fingerprint density at radius 2 is 1.92 bits per heavy atom. The number of nitrogens with one attached hydrogen (secondary N) is 1. The summed E-state index contributed by atoms with van der Waals surface area (Å²) in [7, 11) is 1.33. The lowest BCUT2D eigenvalue weighted by atomic mass is 9.86. The average molecular weight is 530 g/mol. The molecule has 1 aromatic carbocycles. The molecule has 3 fully saturated rings. The van der Waals surface area contributed by atoms with Gasteiger partial charge in [0.25, 0.3) is 5.91 Å². The van der Waals surface area contributed by atoms with Crippen molar-refractivity contribution in [1.82, 2.24) is 10.2 Å². The highest BCUT2D eigenvalue weighted by Crippen LogP contribution is 2.43. The second kappa shape index (κ2) is 11.1. The van der Waals surface area contributed by atoms with Crippen LogP contribution in [0.15, 0.2) is 18.2 Å². The Kier molecular flexibility index (Phi) is 8.32. The molecule has 0 aliphatic carbocycles. The third-order valence-electron chi connectivity index (χ3n) is 7.88. The Balaban J connectivity index is 1.65. The molecule has 3 atom stereocenters. The van der Waals surface area contributed by atoms with Crippen molar-refractivity contribution in [3.63, 3.8) is 0 Å². The van der Waals surface area contributed by atoms with E-state index in [0.717, 1.165) is 12.1 Å². The molecule has 3 saturated heterocycles. The summed E-state index contributed by atoms with van der Waals surface area (Å²) in [6.07, 6.45) is -3.48. The van der Waals surface area contributed by atoms with Crippen molar-refractivity contribution in [2.45, 2.75) is 43.9 Å². The summed E-state index contributed by atoms with van der Waals surface area (Å²) in [5.74, 6) is -1.68. The highest BCUT2D eigenvalue weighted by Gasteiger charge is 2.48. The largest absolute Gasteiger partial charge is 0.469 e. The van der Waals surface area contributed by atoms with Crippen molar-refractivity contribution < 1.29 is 36.6 Å². The van der Waals surface area contributed by atoms with E-state index < -0.39 is 23.3 Å². The minimum Gasteiger partial charge on any atom is -0.469 e. The highest BCUT2D eigenvalue weighted by atomic mass is 19.4. The van der Waals surface area contributed by atoms with Gasteiger partial charge in [-0.3, -0.25) is 9.59 Å². The third kappa shape index (κ3) is 5.87. The van der Waals surface area contributed by atoms with Gasteiger partial charge in [-0.15, -0.1) is 0 Å². The molecule has 0 aromatic heterocycles. The number of carbonyl (C=O) groups excluding carboxylic acids is 2. The van der Waals surface area contributed by atoms with E-state index in [4.69, 9.17) is 9.47 Å². The van der Waals surface area contributed by atoms with Crippen LogP contribution in [0.2, 0.25) is 0 Å². The number of esters is 1. The number of hydrogen-bond acceptors (Lipinski definition) is 6. The molecule has 0 radical (unpaired) electrons. The van der Waals surface area contributed by atoms with Gasteiger partial charge in [-0.05, 0) is 44.0 Å². The van der Waals surface area contributed by atoms with Crippen LogP contribution in [0.1, 0.15) is 43.2 Å². The normalized spacial score (nSPS) is 27.1. The summed E-state index contributed by atoms with van der Waals surface area (Å²) in [4.78, 5) is 28.5. The fourth-order valence-corrected chi connectivity index (χ4v) is 5.79. The van der Waals surface area contributed by atoms with Crippen molar-refractivity contribution in [1.29, 1.82) is 0 Å². The standard InChI is InChI=1S/C26H35F4N3O4/c1-3-37-15-18-13-33(24(35)25(27)8-9-31-16-25)14-21(18)20-5-4-19(26(28,29)30)12-22(20)32-10-6-17(7-11-32)23(34)36-2/h4-5,12,17-18,21,31H,3,6-11,13-16H2,1-2H3/t18-,21+,25-/m1/s1. The van der Waals surface area contributed by atoms with E-state index in [9.17, 15) is 22.8 Å². The average Bonchev–Trinajstić information content (AvgIpc) is 3.53. The van der Waals surface area contributed by atoms with Gasteiger partial charge in [-0.1, -0.05) is 6.07 Å². The van der Waals surface area contributed by atoms with E-state index in [2.05, 4.69) is 5.32 Å². The maximum absolute atomic E-state index is 15.3. The van der Waals surface area contributed by atoms with Crippen LogP contribution in [0, 0.1) is 11.8 Å². The molecule has 0 saturated carbocycles. The Bertz CT molecular complexity index is 975. The van der Waals surface area contributed by atoms with Gasteiger partial charge in [-0.25, -0.2) is 4.39 Å². The van der Waals surface area contributed by atoms with Crippen LogP contribution >= 0.6 is 0 Å². The molecule has 11 heteroatoms. The number of hydrogen-bond donors (Lipinski definition) is 1. The van der Waals surface area contributed by atoms with Crippen LogP contribution in [-0.4, -0.2) is 82.0 Å². The topological polar surface area (TPSA) is 71.1 Å². The first-order valence-electron chi connectivity index (χ1n) is 12.9. The highest BCUT2D eigenvalue weighted by molar-refractivity contribution is 5.86. The number of alkyl halides is 4. The summed E-state index contributed by atoms with van der Waals surface area (Å²) < 4.78 is 66.9. The summed E-state index contributed by atoms with van der Waals surface area (Å²) in [6.45, 7) is 4.29. The summed E-state index contributed by atoms with van der Waals surface area (Å²) in [5, 5.41) is 2.90. The lowest BCUT2D eigenvalue weighted by molar-refractivity contribution is -0.146. The molecular formula is C26H35F4N3O4. The Morgan fingerprint density at radius 3 is 2.51 bits per heavy atom. The molecule has 206 valence electrons. The molecule has 0 spiro atoms. The quantitative estimate of drug-likeness (QED) is 0.432. The molecule has 0 bridgehead atoms. The summed E-state index contributed by atoms with van der Waals surface area (Å²) in [6, 6.07) is 3.72. The number of likely N-dealkylation sites (tertiary alicyclic amines) is 1. The van der Waals surface area contributed by atoms with E-state index in [1.54, 1.807) is 0 Å². The fraction of sp³-hybridized carbons (Fsp3) is 0.692. The number of methoxy groups -OCH3 is 1. The zero-order valence-corrected chi connectivity index (χ0v) is 21.3. The van der Waals surface area contributed by atoms with Gasteiger partial charge in [0.1, 0.15) is 0 Å². The first-order valence-corrected chi connectivity index (χ1v) is 12.9. The van der Waals surface area contributed by atoms with Crippen LogP contribution in [0.5, 0.6) is 0 Å². The maximum atomic E-state index is 15.3.